The molecule has 0 heterocycles. The third-order valence-corrected chi connectivity index (χ3v) is 6.43. The van der Waals surface area contributed by atoms with Gasteiger partial charge in [-0.15, -0.1) is 0 Å². The summed E-state index contributed by atoms with van der Waals surface area (Å²) in [6.07, 6.45) is 0.443. The molecule has 1 aliphatic rings. The lowest BCUT2D eigenvalue weighted by molar-refractivity contribution is 0.158. The van der Waals surface area contributed by atoms with Gasteiger partial charge in [0, 0.05) is 11.6 Å². The number of aliphatic hydroxyl groups is 1. The van der Waals surface area contributed by atoms with Crippen LogP contribution in [0.4, 0.5) is 10.5 Å². The zero-order valence-electron chi connectivity index (χ0n) is 18.9. The topological polar surface area (TPSA) is 58.6 Å². The summed E-state index contributed by atoms with van der Waals surface area (Å²) in [7, 11) is 0. The Labute approximate surface area is 199 Å². The van der Waals surface area contributed by atoms with Gasteiger partial charge in [-0.05, 0) is 58.4 Å². The predicted octanol–water partition coefficient (Wildman–Crippen LogP) is 6.71. The number of anilines is 1. The summed E-state index contributed by atoms with van der Waals surface area (Å²) in [6, 6.07) is 33.9. The Hall–Kier alpha value is -3.89. The molecule has 4 heteroatoms. The van der Waals surface area contributed by atoms with E-state index < -0.39 is 12.2 Å². The van der Waals surface area contributed by atoms with Gasteiger partial charge < -0.3 is 9.84 Å². The molecule has 1 atom stereocenters. The molecule has 0 saturated carbocycles. The normalized spacial score (nSPS) is 13.1. The Balaban J connectivity index is 1.15. The van der Waals surface area contributed by atoms with Gasteiger partial charge in [0.25, 0.3) is 0 Å². The molecule has 0 spiro atoms. The Bertz CT molecular complexity index is 1220. The number of ether oxygens (including phenoxy) is 1. The minimum atomic E-state index is -0.486. The second-order valence-corrected chi connectivity index (χ2v) is 8.61. The number of hydrogen-bond donors (Lipinski definition) is 2. The molecular formula is C30H27NO3. The van der Waals surface area contributed by atoms with Crippen LogP contribution in [0.2, 0.25) is 0 Å². The highest BCUT2D eigenvalue weighted by atomic mass is 16.5. The van der Waals surface area contributed by atoms with E-state index in [9.17, 15) is 9.90 Å². The molecule has 0 radical (unpaired) electrons. The minimum absolute atomic E-state index is 0.0385. The van der Waals surface area contributed by atoms with Crippen LogP contribution in [0.15, 0.2) is 103 Å². The second-order valence-electron chi connectivity index (χ2n) is 8.61. The van der Waals surface area contributed by atoms with Crippen LogP contribution in [0, 0.1) is 0 Å². The molecule has 4 aromatic carbocycles. The number of benzene rings is 4. The number of aryl methyl sites for hydroxylation is 1. The molecule has 2 N–H and O–H groups in total. The zero-order valence-corrected chi connectivity index (χ0v) is 18.9. The van der Waals surface area contributed by atoms with Gasteiger partial charge >= 0.3 is 6.09 Å². The molecule has 0 aliphatic heterocycles. The van der Waals surface area contributed by atoms with Crippen molar-refractivity contribution < 1.29 is 14.6 Å². The van der Waals surface area contributed by atoms with E-state index in [-0.39, 0.29) is 12.5 Å². The molecule has 4 aromatic rings. The summed E-state index contributed by atoms with van der Waals surface area (Å²) < 4.78 is 5.62. The minimum Gasteiger partial charge on any atom is -0.448 e. The molecule has 0 bridgehead atoms. The molecule has 5 rings (SSSR count). The highest BCUT2D eigenvalue weighted by Gasteiger charge is 2.29. The summed E-state index contributed by atoms with van der Waals surface area (Å²) in [5, 5.41) is 13.2. The standard InChI is InChI=1S/C30H27NO3/c32-29(22-8-2-1-3-9-22)19-16-21-14-17-23(18-15-21)31-30(33)34-20-28-26-12-6-4-10-24(26)25-11-5-7-13-27(25)28/h1-15,17-18,28-29,32H,16,19-20H2,(H,31,33). The van der Waals surface area contributed by atoms with Gasteiger partial charge in [0.2, 0.25) is 0 Å². The molecule has 1 aliphatic carbocycles. The average molecular weight is 450 g/mol. The van der Waals surface area contributed by atoms with Crippen molar-refractivity contribution in [1.82, 2.24) is 0 Å². The number of carbonyl (C=O) groups is 1. The fourth-order valence-electron chi connectivity index (χ4n) is 4.65. The first-order valence-corrected chi connectivity index (χ1v) is 11.6. The number of aliphatic hydroxyl groups excluding tert-OH is 1. The number of hydrogen-bond acceptors (Lipinski definition) is 3. The lowest BCUT2D eigenvalue weighted by Gasteiger charge is -2.15. The molecule has 0 saturated heterocycles. The largest absolute Gasteiger partial charge is 0.448 e. The number of fused-ring (bicyclic) bond motifs is 3. The molecule has 1 unspecified atom stereocenters. The molecule has 170 valence electrons. The highest BCUT2D eigenvalue weighted by Crippen LogP contribution is 2.44. The Morgan fingerprint density at radius 3 is 2.03 bits per heavy atom. The van der Waals surface area contributed by atoms with Gasteiger partial charge in [0.05, 0.1) is 6.10 Å². The third kappa shape index (κ3) is 4.73. The summed E-state index contributed by atoms with van der Waals surface area (Å²) in [6.45, 7) is 0.287. The van der Waals surface area contributed by atoms with Crippen LogP contribution in [0.3, 0.4) is 0 Å². The molecule has 34 heavy (non-hydrogen) atoms. The average Bonchev–Trinajstić information content (AvgIpc) is 3.21. The van der Waals surface area contributed by atoms with E-state index in [4.69, 9.17) is 4.74 Å². The lowest BCUT2D eigenvalue weighted by Crippen LogP contribution is -2.17. The van der Waals surface area contributed by atoms with Gasteiger partial charge in [-0.1, -0.05) is 91.0 Å². The summed E-state index contributed by atoms with van der Waals surface area (Å²) >= 11 is 0. The van der Waals surface area contributed by atoms with Crippen LogP contribution >= 0.6 is 0 Å². The summed E-state index contributed by atoms with van der Waals surface area (Å²) in [5.74, 6) is 0.0385. The van der Waals surface area contributed by atoms with Crippen LogP contribution in [0.5, 0.6) is 0 Å². The van der Waals surface area contributed by atoms with Crippen LogP contribution in [0.25, 0.3) is 11.1 Å². The van der Waals surface area contributed by atoms with Crippen molar-refractivity contribution >= 4 is 11.8 Å². The maximum absolute atomic E-state index is 12.5. The van der Waals surface area contributed by atoms with Gasteiger partial charge in [-0.25, -0.2) is 4.79 Å². The fraction of sp³-hybridized carbons (Fsp3) is 0.167. The number of nitrogens with one attached hydrogen (secondary N) is 1. The van der Waals surface area contributed by atoms with Crippen molar-refractivity contribution in [2.45, 2.75) is 24.9 Å². The Morgan fingerprint density at radius 1 is 0.794 bits per heavy atom. The molecule has 0 aromatic heterocycles. The maximum Gasteiger partial charge on any atom is 0.411 e. The first-order chi connectivity index (χ1) is 16.7. The fourth-order valence-corrected chi connectivity index (χ4v) is 4.65. The molecule has 0 fully saturated rings. The quantitative estimate of drug-likeness (QED) is 0.329. The van der Waals surface area contributed by atoms with Crippen LogP contribution in [0.1, 0.15) is 40.7 Å². The Kier molecular flexibility index (Phi) is 6.41. The van der Waals surface area contributed by atoms with Gasteiger partial charge in [0.15, 0.2) is 0 Å². The second kappa shape index (κ2) is 9.94. The predicted molar refractivity (Wildman–Crippen MR) is 135 cm³/mol. The van der Waals surface area contributed by atoms with Gasteiger partial charge in [-0.3, -0.25) is 5.32 Å². The molecular weight excluding hydrogens is 422 g/mol. The number of carbonyl (C=O) groups excluding carboxylic acids is 1. The van der Waals surface area contributed by atoms with E-state index in [0.717, 1.165) is 17.5 Å². The van der Waals surface area contributed by atoms with Crippen molar-refractivity contribution in [3.05, 3.63) is 125 Å². The van der Waals surface area contributed by atoms with E-state index in [2.05, 4.69) is 29.6 Å². The first-order valence-electron chi connectivity index (χ1n) is 11.6. The molecule has 1 amide bonds. The summed E-state index contributed by atoms with van der Waals surface area (Å²) in [5.41, 5.74) is 7.52. The van der Waals surface area contributed by atoms with E-state index in [1.807, 2.05) is 78.9 Å². The smallest absolute Gasteiger partial charge is 0.411 e. The lowest BCUT2D eigenvalue weighted by atomic mass is 9.98. The maximum atomic E-state index is 12.5. The van der Waals surface area contributed by atoms with Crippen LogP contribution in [-0.2, 0) is 11.2 Å². The highest BCUT2D eigenvalue weighted by molar-refractivity contribution is 5.85. The number of amides is 1. The van der Waals surface area contributed by atoms with E-state index in [0.29, 0.717) is 12.1 Å². The van der Waals surface area contributed by atoms with Crippen molar-refractivity contribution in [3.8, 4) is 11.1 Å². The van der Waals surface area contributed by atoms with Crippen molar-refractivity contribution in [2.24, 2.45) is 0 Å². The van der Waals surface area contributed by atoms with E-state index in [1.54, 1.807) is 0 Å². The van der Waals surface area contributed by atoms with Crippen molar-refractivity contribution in [3.63, 3.8) is 0 Å². The SMILES string of the molecule is O=C(Nc1ccc(CCC(O)c2ccccc2)cc1)OCC1c2ccccc2-c2ccccc21. The van der Waals surface area contributed by atoms with Crippen LogP contribution in [-0.4, -0.2) is 17.8 Å². The first kappa shape index (κ1) is 21.9. The summed E-state index contributed by atoms with van der Waals surface area (Å²) in [4.78, 5) is 12.5. The van der Waals surface area contributed by atoms with Crippen LogP contribution < -0.4 is 5.32 Å². The zero-order chi connectivity index (χ0) is 23.3. The monoisotopic (exact) mass is 449 g/mol. The molecule has 4 nitrogen and oxygen atoms in total. The van der Waals surface area contributed by atoms with Gasteiger partial charge in [0.1, 0.15) is 6.61 Å². The van der Waals surface area contributed by atoms with E-state index >= 15 is 0 Å². The Morgan fingerprint density at radius 2 is 1.38 bits per heavy atom. The van der Waals surface area contributed by atoms with E-state index in [1.165, 1.54) is 22.3 Å². The van der Waals surface area contributed by atoms with Crippen molar-refractivity contribution in [1.29, 1.82) is 0 Å². The van der Waals surface area contributed by atoms with Crippen molar-refractivity contribution in [2.75, 3.05) is 11.9 Å². The third-order valence-electron chi connectivity index (χ3n) is 6.43. The number of rotatable bonds is 7. The van der Waals surface area contributed by atoms with Gasteiger partial charge in [-0.2, -0.15) is 0 Å².